The number of benzene rings is 1. The summed E-state index contributed by atoms with van der Waals surface area (Å²) in [6.45, 7) is 8.50. The molecule has 0 radical (unpaired) electrons. The highest BCUT2D eigenvalue weighted by atomic mass is 32.1. The van der Waals surface area contributed by atoms with Crippen LogP contribution in [0.15, 0.2) is 47.0 Å². The van der Waals surface area contributed by atoms with Crippen molar-refractivity contribution < 1.29 is 18.8 Å². The van der Waals surface area contributed by atoms with Gasteiger partial charge in [0.15, 0.2) is 0 Å². The number of likely N-dealkylation sites (tertiary alicyclic amines) is 1. The topological polar surface area (TPSA) is 82.6 Å². The number of halogens is 1. The first-order chi connectivity index (χ1) is 18.7. The average molecular weight is 551 g/mol. The normalized spacial score (nSPS) is 21.6. The number of carbonyl (C=O) groups excluding carboxylic acids is 3. The van der Waals surface area contributed by atoms with E-state index in [2.05, 4.69) is 16.4 Å². The Labute approximate surface area is 232 Å². The number of allylic oxidation sites excluding steroid dienone is 1. The minimum atomic E-state index is -1.46. The average Bonchev–Trinajstić information content (AvgIpc) is 3.60. The molecule has 1 fully saturated rings. The Hall–Kier alpha value is -3.33. The van der Waals surface area contributed by atoms with E-state index in [9.17, 15) is 14.4 Å². The van der Waals surface area contributed by atoms with E-state index in [0.29, 0.717) is 13.0 Å². The Bertz CT molecular complexity index is 1360. The second-order valence-electron chi connectivity index (χ2n) is 11.0. The number of aromatic nitrogens is 1. The Morgan fingerprint density at radius 3 is 2.72 bits per heavy atom. The van der Waals surface area contributed by atoms with Gasteiger partial charge in [0.2, 0.25) is 11.8 Å². The van der Waals surface area contributed by atoms with Gasteiger partial charge < -0.3 is 15.1 Å². The minimum absolute atomic E-state index is 0.0992. The van der Waals surface area contributed by atoms with Gasteiger partial charge in [-0.3, -0.25) is 14.4 Å². The van der Waals surface area contributed by atoms with E-state index >= 15 is 4.39 Å². The summed E-state index contributed by atoms with van der Waals surface area (Å²) in [5.74, 6) is -1.17. The van der Waals surface area contributed by atoms with Crippen LogP contribution in [0.5, 0.6) is 0 Å². The summed E-state index contributed by atoms with van der Waals surface area (Å²) in [6, 6.07) is 4.07. The van der Waals surface area contributed by atoms with Crippen molar-refractivity contribution in [1.29, 1.82) is 0 Å². The van der Waals surface area contributed by atoms with Crippen LogP contribution in [-0.4, -0.2) is 63.9 Å². The molecule has 2 aromatic rings. The Balaban J connectivity index is 1.28. The van der Waals surface area contributed by atoms with Gasteiger partial charge in [0.05, 0.1) is 16.1 Å². The lowest BCUT2D eigenvalue weighted by Crippen LogP contribution is -2.57. The van der Waals surface area contributed by atoms with Crippen molar-refractivity contribution in [1.82, 2.24) is 20.1 Å². The molecule has 3 atom stereocenters. The zero-order chi connectivity index (χ0) is 27.8. The predicted octanol–water partition coefficient (Wildman–Crippen LogP) is 4.50. The maximum atomic E-state index is 15.1. The van der Waals surface area contributed by atoms with E-state index < -0.39 is 24.2 Å². The lowest BCUT2D eigenvalue weighted by atomic mass is 9.99. The third-order valence-electron chi connectivity index (χ3n) is 8.03. The monoisotopic (exact) mass is 550 g/mol. The third kappa shape index (κ3) is 5.16. The third-order valence-corrected chi connectivity index (χ3v) is 9.00. The summed E-state index contributed by atoms with van der Waals surface area (Å²) in [6.07, 6.45) is 4.14. The SMILES string of the molecule is Cc1cc(-c2scnc2C)ccc1CNC(=O)C1[C@@H](F)CCN1C(=O)C(C(C)C)N1CC2=C(CCC=C2)C1=O. The predicted molar refractivity (Wildman–Crippen MR) is 150 cm³/mol. The Kier molecular flexibility index (Phi) is 7.71. The van der Waals surface area contributed by atoms with Crippen LogP contribution in [0.4, 0.5) is 4.39 Å². The second kappa shape index (κ2) is 11.0. The highest BCUT2D eigenvalue weighted by Crippen LogP contribution is 2.33. The van der Waals surface area contributed by atoms with Crippen LogP contribution in [-0.2, 0) is 20.9 Å². The van der Waals surface area contributed by atoms with Crippen molar-refractivity contribution in [2.75, 3.05) is 13.1 Å². The van der Waals surface area contributed by atoms with Crippen molar-refractivity contribution in [3.05, 3.63) is 63.8 Å². The van der Waals surface area contributed by atoms with E-state index in [1.54, 1.807) is 16.2 Å². The highest BCUT2D eigenvalue weighted by molar-refractivity contribution is 7.13. The highest BCUT2D eigenvalue weighted by Gasteiger charge is 2.47. The molecule has 1 aliphatic carbocycles. The molecule has 1 aromatic carbocycles. The molecule has 3 heterocycles. The van der Waals surface area contributed by atoms with Gasteiger partial charge in [0.1, 0.15) is 18.3 Å². The van der Waals surface area contributed by atoms with Gasteiger partial charge in [-0.15, -0.1) is 11.3 Å². The van der Waals surface area contributed by atoms with E-state index in [1.807, 2.05) is 57.5 Å². The van der Waals surface area contributed by atoms with Gasteiger partial charge in [0, 0.05) is 25.2 Å². The number of alkyl halides is 1. The minimum Gasteiger partial charge on any atom is -0.350 e. The molecule has 1 saturated heterocycles. The van der Waals surface area contributed by atoms with E-state index in [1.165, 1.54) is 4.90 Å². The number of amides is 3. The molecule has 2 aliphatic heterocycles. The number of hydrogen-bond donors (Lipinski definition) is 1. The van der Waals surface area contributed by atoms with E-state index in [4.69, 9.17) is 0 Å². The Morgan fingerprint density at radius 1 is 1.26 bits per heavy atom. The molecule has 0 spiro atoms. The van der Waals surface area contributed by atoms with Crippen LogP contribution in [0.25, 0.3) is 10.4 Å². The number of aryl methyl sites for hydroxylation is 2. The summed E-state index contributed by atoms with van der Waals surface area (Å²) < 4.78 is 15.1. The zero-order valence-electron chi connectivity index (χ0n) is 22.9. The molecule has 5 rings (SSSR count). The van der Waals surface area contributed by atoms with Crippen molar-refractivity contribution >= 4 is 29.1 Å². The molecule has 0 saturated carbocycles. The van der Waals surface area contributed by atoms with Crippen molar-refractivity contribution in [3.63, 3.8) is 0 Å². The molecule has 3 amide bonds. The largest absolute Gasteiger partial charge is 0.350 e. The summed E-state index contributed by atoms with van der Waals surface area (Å²) in [4.78, 5) is 48.7. The van der Waals surface area contributed by atoms with Gasteiger partial charge >= 0.3 is 0 Å². The van der Waals surface area contributed by atoms with E-state index in [-0.39, 0.29) is 37.2 Å². The number of nitrogens with one attached hydrogen (secondary N) is 1. The molecule has 39 heavy (non-hydrogen) atoms. The van der Waals surface area contributed by atoms with Crippen LogP contribution in [0.2, 0.25) is 0 Å². The van der Waals surface area contributed by atoms with Crippen LogP contribution < -0.4 is 5.32 Å². The lowest BCUT2D eigenvalue weighted by molar-refractivity contribution is -0.148. The fourth-order valence-corrected chi connectivity index (χ4v) is 6.72. The number of carbonyl (C=O) groups is 3. The summed E-state index contributed by atoms with van der Waals surface area (Å²) in [5.41, 5.74) is 7.52. The van der Waals surface area contributed by atoms with Gasteiger partial charge in [-0.1, -0.05) is 44.2 Å². The van der Waals surface area contributed by atoms with Gasteiger partial charge in [-0.25, -0.2) is 9.37 Å². The molecule has 2 unspecified atom stereocenters. The molecule has 1 N–H and O–H groups in total. The number of nitrogens with zero attached hydrogens (tertiary/aromatic N) is 3. The maximum Gasteiger partial charge on any atom is 0.251 e. The molecule has 0 bridgehead atoms. The van der Waals surface area contributed by atoms with Crippen molar-refractivity contribution in [3.8, 4) is 10.4 Å². The number of hydrogen-bond acceptors (Lipinski definition) is 5. The smallest absolute Gasteiger partial charge is 0.251 e. The maximum absolute atomic E-state index is 15.1. The Morgan fingerprint density at radius 2 is 2.05 bits per heavy atom. The number of thiazole rings is 1. The standard InChI is InChI=1S/C30H35FN4O3S/c1-17(2)25(35-15-22-7-5-6-8-23(22)29(35)37)30(38)34-12-11-24(31)26(34)28(36)32-14-21-10-9-20(13-18(21)3)27-19(4)33-16-39-27/h5,7,9-10,13,16-17,24-26H,6,8,11-12,14-15H2,1-4H3,(H,32,36)/t24-,25?,26?/m0/s1. The molecule has 9 heteroatoms. The molecule has 7 nitrogen and oxygen atoms in total. The fraction of sp³-hybridized carbons (Fsp3) is 0.467. The van der Waals surface area contributed by atoms with Crippen LogP contribution >= 0.6 is 11.3 Å². The van der Waals surface area contributed by atoms with Gasteiger partial charge in [0.25, 0.3) is 5.91 Å². The first-order valence-electron chi connectivity index (χ1n) is 13.6. The molecule has 1 aromatic heterocycles. The summed E-state index contributed by atoms with van der Waals surface area (Å²) in [5, 5.41) is 2.87. The first-order valence-corrected chi connectivity index (χ1v) is 14.5. The second-order valence-corrected chi connectivity index (χ2v) is 11.8. The summed E-state index contributed by atoms with van der Waals surface area (Å²) in [7, 11) is 0. The van der Waals surface area contributed by atoms with Crippen LogP contribution in [0.3, 0.4) is 0 Å². The quantitative estimate of drug-likeness (QED) is 0.551. The molecular formula is C30H35FN4O3S. The lowest BCUT2D eigenvalue weighted by Gasteiger charge is -2.35. The van der Waals surface area contributed by atoms with Crippen LogP contribution in [0, 0.1) is 19.8 Å². The molecule has 3 aliphatic rings. The zero-order valence-corrected chi connectivity index (χ0v) is 23.7. The fourth-order valence-electron chi connectivity index (χ4n) is 5.92. The number of rotatable bonds is 7. The van der Waals surface area contributed by atoms with Crippen LogP contribution in [0.1, 0.15) is 49.9 Å². The summed E-state index contributed by atoms with van der Waals surface area (Å²) >= 11 is 1.58. The first kappa shape index (κ1) is 27.2. The van der Waals surface area contributed by atoms with Crippen molar-refractivity contribution in [2.24, 2.45) is 5.92 Å². The van der Waals surface area contributed by atoms with E-state index in [0.717, 1.165) is 44.8 Å². The van der Waals surface area contributed by atoms with Gasteiger partial charge in [-0.2, -0.15) is 0 Å². The molecule has 206 valence electrons. The van der Waals surface area contributed by atoms with Crippen molar-refractivity contribution in [2.45, 2.75) is 71.8 Å². The molecular weight excluding hydrogens is 515 g/mol. The van der Waals surface area contributed by atoms with Gasteiger partial charge in [-0.05, 0) is 61.3 Å².